The molecule has 0 bridgehead atoms. The second-order valence-electron chi connectivity index (χ2n) is 4.52. The average Bonchev–Trinajstić information content (AvgIpc) is 2.94. The van der Waals surface area contributed by atoms with Crippen LogP contribution in [0.1, 0.15) is 26.2 Å². The van der Waals surface area contributed by atoms with Gasteiger partial charge in [0.05, 0.1) is 13.2 Å². The molecule has 2 unspecified atom stereocenters. The Hall–Kier alpha value is -1.72. The van der Waals surface area contributed by atoms with E-state index in [1.54, 1.807) is 6.92 Å². The van der Waals surface area contributed by atoms with Gasteiger partial charge >= 0.3 is 11.9 Å². The van der Waals surface area contributed by atoms with Gasteiger partial charge in [0.2, 0.25) is 11.6 Å². The molecular weight excluding hydrogens is 240 g/mol. The molecule has 0 spiro atoms. The minimum absolute atomic E-state index is 0.140. The van der Waals surface area contributed by atoms with E-state index >= 15 is 0 Å². The molecule has 0 aliphatic carbocycles. The van der Waals surface area contributed by atoms with Gasteiger partial charge in [0.1, 0.15) is 11.3 Å². The molecule has 2 aliphatic rings. The monoisotopic (exact) mass is 254 g/mol. The van der Waals surface area contributed by atoms with Crippen LogP contribution in [0.25, 0.3) is 0 Å². The number of hydrogen-bond acceptors (Lipinski definition) is 6. The molecule has 0 aromatic rings. The number of rotatable bonds is 4. The van der Waals surface area contributed by atoms with E-state index in [1.807, 2.05) is 0 Å². The Kier molecular flexibility index (Phi) is 3.19. The maximum absolute atomic E-state index is 12.2. The van der Waals surface area contributed by atoms with E-state index < -0.39 is 34.8 Å². The minimum Gasteiger partial charge on any atom is -0.465 e. The lowest BCUT2D eigenvalue weighted by Crippen LogP contribution is -2.43. The highest BCUT2D eigenvalue weighted by Crippen LogP contribution is 2.36. The molecule has 98 valence electrons. The van der Waals surface area contributed by atoms with Crippen LogP contribution >= 0.6 is 0 Å². The fraction of sp³-hybridized carbons (Fsp3) is 0.667. The summed E-state index contributed by atoms with van der Waals surface area (Å²) in [5.74, 6) is -4.01. The summed E-state index contributed by atoms with van der Waals surface area (Å²) in [5, 5.41) is 0. The molecular formula is C12H14O6. The van der Waals surface area contributed by atoms with E-state index in [0.717, 1.165) is 0 Å². The van der Waals surface area contributed by atoms with Crippen LogP contribution in [0.15, 0.2) is 0 Å². The van der Waals surface area contributed by atoms with Crippen molar-refractivity contribution in [3.05, 3.63) is 0 Å². The van der Waals surface area contributed by atoms with E-state index in [9.17, 15) is 19.2 Å². The fourth-order valence-corrected chi connectivity index (χ4v) is 2.37. The third-order valence-corrected chi connectivity index (χ3v) is 3.67. The van der Waals surface area contributed by atoms with Crippen molar-refractivity contribution in [3.8, 4) is 0 Å². The van der Waals surface area contributed by atoms with Crippen molar-refractivity contribution in [2.24, 2.45) is 11.3 Å². The first-order chi connectivity index (χ1) is 8.53. The van der Waals surface area contributed by atoms with Crippen LogP contribution in [0, 0.1) is 11.3 Å². The quantitative estimate of drug-likeness (QED) is 0.399. The largest absolute Gasteiger partial charge is 0.465 e. The minimum atomic E-state index is -1.39. The number of cyclic esters (lactones) is 2. The zero-order valence-corrected chi connectivity index (χ0v) is 10.1. The molecule has 0 aromatic carbocycles. The number of Topliss-reactive ketones (excluding diaryl/α,β-unsaturated/α-hetero) is 2. The van der Waals surface area contributed by atoms with Gasteiger partial charge in [-0.15, -0.1) is 0 Å². The first kappa shape index (κ1) is 12.7. The molecule has 2 atom stereocenters. The molecule has 0 saturated carbocycles. The molecule has 2 aliphatic heterocycles. The maximum atomic E-state index is 12.2. The molecule has 0 aromatic heterocycles. The third kappa shape index (κ3) is 1.72. The van der Waals surface area contributed by atoms with Crippen molar-refractivity contribution in [3.63, 3.8) is 0 Å². The second-order valence-corrected chi connectivity index (χ2v) is 4.52. The van der Waals surface area contributed by atoms with Crippen LogP contribution in [-0.4, -0.2) is 36.7 Å². The second kappa shape index (κ2) is 4.51. The van der Waals surface area contributed by atoms with Crippen LogP contribution in [0.2, 0.25) is 0 Å². The summed E-state index contributed by atoms with van der Waals surface area (Å²) < 4.78 is 9.46. The number of carbonyl (C=O) groups excluding carboxylic acids is 4. The van der Waals surface area contributed by atoms with Gasteiger partial charge in [-0.3, -0.25) is 19.2 Å². The zero-order chi connectivity index (χ0) is 13.3. The van der Waals surface area contributed by atoms with Crippen molar-refractivity contribution in [1.29, 1.82) is 0 Å². The summed E-state index contributed by atoms with van der Waals surface area (Å²) in [6, 6.07) is 0. The average molecular weight is 254 g/mol. The Morgan fingerprint density at radius 2 is 2.00 bits per heavy atom. The molecule has 6 heteroatoms. The first-order valence-corrected chi connectivity index (χ1v) is 5.95. The molecule has 0 N–H and O–H groups in total. The van der Waals surface area contributed by atoms with Gasteiger partial charge < -0.3 is 9.47 Å². The maximum Gasteiger partial charge on any atom is 0.320 e. The van der Waals surface area contributed by atoms with Crippen LogP contribution in [0.4, 0.5) is 0 Å². The van der Waals surface area contributed by atoms with Crippen molar-refractivity contribution in [2.75, 3.05) is 13.2 Å². The summed E-state index contributed by atoms with van der Waals surface area (Å²) in [4.78, 5) is 47.1. The lowest BCUT2D eigenvalue weighted by molar-refractivity contribution is -0.158. The van der Waals surface area contributed by atoms with Crippen LogP contribution in [-0.2, 0) is 28.7 Å². The number of hydrogen-bond donors (Lipinski definition) is 0. The lowest BCUT2D eigenvalue weighted by atomic mass is 9.75. The van der Waals surface area contributed by atoms with Gasteiger partial charge in [0, 0.05) is 12.8 Å². The first-order valence-electron chi connectivity index (χ1n) is 5.95. The molecule has 18 heavy (non-hydrogen) atoms. The number of carbonyl (C=O) groups is 4. The van der Waals surface area contributed by atoms with Crippen LogP contribution in [0.3, 0.4) is 0 Å². The van der Waals surface area contributed by atoms with Crippen molar-refractivity contribution < 1.29 is 28.7 Å². The number of ketones is 2. The van der Waals surface area contributed by atoms with E-state index in [0.29, 0.717) is 0 Å². The van der Waals surface area contributed by atoms with E-state index in [1.165, 1.54) is 0 Å². The van der Waals surface area contributed by atoms with Crippen molar-refractivity contribution in [2.45, 2.75) is 26.2 Å². The Bertz CT molecular complexity index is 426. The summed E-state index contributed by atoms with van der Waals surface area (Å²) in [7, 11) is 0. The van der Waals surface area contributed by atoms with Crippen molar-refractivity contribution >= 4 is 23.5 Å². The standard InChI is InChI=1S/C12H14O6/c1-2-12(4-6-18-11(12)16)9(14)8(13)7-3-5-17-10(7)15/h7H,2-6H2,1H3. The van der Waals surface area contributed by atoms with E-state index in [4.69, 9.17) is 4.74 Å². The SMILES string of the molecule is CCC1(C(=O)C(=O)C2CCOC2=O)CCOC1=O. The van der Waals surface area contributed by atoms with Crippen molar-refractivity contribution in [1.82, 2.24) is 0 Å². The number of esters is 2. The van der Waals surface area contributed by atoms with Gasteiger partial charge in [0.15, 0.2) is 0 Å². The van der Waals surface area contributed by atoms with Gasteiger partial charge in [-0.25, -0.2) is 0 Å². The zero-order valence-electron chi connectivity index (χ0n) is 10.1. The molecule has 2 rings (SSSR count). The highest BCUT2D eigenvalue weighted by Gasteiger charge is 2.54. The smallest absolute Gasteiger partial charge is 0.320 e. The third-order valence-electron chi connectivity index (χ3n) is 3.67. The van der Waals surface area contributed by atoms with Gasteiger partial charge in [0.25, 0.3) is 0 Å². The van der Waals surface area contributed by atoms with E-state index in [-0.39, 0.29) is 32.5 Å². The predicted octanol–water partition coefficient (Wildman–Crippen LogP) is 0.0310. The Morgan fingerprint density at radius 1 is 1.28 bits per heavy atom. The Labute approximate surface area is 104 Å². The van der Waals surface area contributed by atoms with Gasteiger partial charge in [-0.1, -0.05) is 6.92 Å². The Morgan fingerprint density at radius 3 is 2.44 bits per heavy atom. The summed E-state index contributed by atoms with van der Waals surface area (Å²) in [6.45, 7) is 1.94. The summed E-state index contributed by atoms with van der Waals surface area (Å²) in [5.41, 5.74) is -1.39. The Balaban J connectivity index is 2.22. The molecule has 2 saturated heterocycles. The molecule has 2 heterocycles. The van der Waals surface area contributed by atoms with Crippen LogP contribution < -0.4 is 0 Å². The number of ether oxygens (including phenoxy) is 2. The molecule has 0 radical (unpaired) electrons. The van der Waals surface area contributed by atoms with Gasteiger partial charge in [-0.2, -0.15) is 0 Å². The molecule has 0 amide bonds. The van der Waals surface area contributed by atoms with Gasteiger partial charge in [-0.05, 0) is 6.42 Å². The summed E-state index contributed by atoms with van der Waals surface area (Å²) in [6.07, 6.45) is 0.616. The fourth-order valence-electron chi connectivity index (χ4n) is 2.37. The summed E-state index contributed by atoms with van der Waals surface area (Å²) >= 11 is 0. The predicted molar refractivity (Wildman–Crippen MR) is 57.4 cm³/mol. The highest BCUT2D eigenvalue weighted by atomic mass is 16.5. The molecule has 2 fully saturated rings. The van der Waals surface area contributed by atoms with Crippen LogP contribution in [0.5, 0.6) is 0 Å². The normalized spacial score (nSPS) is 31.1. The molecule has 6 nitrogen and oxygen atoms in total. The lowest BCUT2D eigenvalue weighted by Gasteiger charge is -2.20. The highest BCUT2D eigenvalue weighted by molar-refractivity contribution is 6.46. The van der Waals surface area contributed by atoms with E-state index in [2.05, 4.69) is 4.74 Å². The topological polar surface area (TPSA) is 86.7 Å².